The molecule has 0 aliphatic heterocycles. The number of amides is 1. The third-order valence-electron chi connectivity index (χ3n) is 1.20. The van der Waals surface area contributed by atoms with E-state index in [-0.39, 0.29) is 12.1 Å². The van der Waals surface area contributed by atoms with E-state index in [9.17, 15) is 4.79 Å². The first-order valence-corrected chi connectivity index (χ1v) is 4.14. The smallest absolute Gasteiger partial charge is 0.408 e. The van der Waals surface area contributed by atoms with Gasteiger partial charge in [0.15, 0.2) is 0 Å². The highest BCUT2D eigenvalue weighted by Gasteiger charge is 2.17. The second-order valence-electron chi connectivity index (χ2n) is 3.84. The van der Waals surface area contributed by atoms with Crippen LogP contribution in [0.2, 0.25) is 0 Å². The molecule has 0 aromatic heterocycles. The van der Waals surface area contributed by atoms with Gasteiger partial charge in [-0.2, -0.15) is 0 Å². The van der Waals surface area contributed by atoms with Crippen molar-refractivity contribution in [3.63, 3.8) is 0 Å². The van der Waals surface area contributed by atoms with Crippen LogP contribution in [-0.2, 0) is 4.74 Å². The summed E-state index contributed by atoms with van der Waals surface area (Å²) in [7, 11) is 0. The molecular formula is C8H19N2O2+. The topological polar surface area (TPSA) is 66.0 Å². The normalized spacial score (nSPS) is 13.8. The number of alkyl carbamates (subject to hydrolysis) is 1. The molecule has 0 rings (SSSR count). The second-order valence-corrected chi connectivity index (χ2v) is 3.84. The van der Waals surface area contributed by atoms with Crippen LogP contribution >= 0.6 is 0 Å². The highest BCUT2D eigenvalue weighted by Crippen LogP contribution is 2.06. The van der Waals surface area contributed by atoms with Gasteiger partial charge >= 0.3 is 6.09 Å². The van der Waals surface area contributed by atoms with Gasteiger partial charge in [-0.25, -0.2) is 4.79 Å². The fraction of sp³-hybridized carbons (Fsp3) is 0.875. The minimum absolute atomic E-state index is 0.0693. The Labute approximate surface area is 73.5 Å². The van der Waals surface area contributed by atoms with Crippen LogP contribution in [0.15, 0.2) is 0 Å². The average Bonchev–Trinajstić information content (AvgIpc) is 1.82. The van der Waals surface area contributed by atoms with Crippen LogP contribution in [0.5, 0.6) is 0 Å². The van der Waals surface area contributed by atoms with Crippen LogP contribution in [-0.4, -0.2) is 24.3 Å². The molecule has 0 aliphatic rings. The predicted molar refractivity (Wildman–Crippen MR) is 46.6 cm³/mol. The molecule has 0 saturated heterocycles. The Hall–Kier alpha value is -0.770. The van der Waals surface area contributed by atoms with Gasteiger partial charge in [0.25, 0.3) is 0 Å². The summed E-state index contributed by atoms with van der Waals surface area (Å²) in [6.07, 6.45) is -0.376. The fourth-order valence-corrected chi connectivity index (χ4v) is 0.581. The lowest BCUT2D eigenvalue weighted by atomic mass is 10.2. The Morgan fingerprint density at radius 1 is 1.58 bits per heavy atom. The minimum atomic E-state index is -0.426. The number of nitrogens with one attached hydrogen (secondary N) is 1. The fourth-order valence-electron chi connectivity index (χ4n) is 0.581. The summed E-state index contributed by atoms with van der Waals surface area (Å²) in [6, 6.07) is 0.0693. The summed E-state index contributed by atoms with van der Waals surface area (Å²) < 4.78 is 5.03. The van der Waals surface area contributed by atoms with Gasteiger partial charge in [0.2, 0.25) is 0 Å². The predicted octanol–water partition coefficient (Wildman–Crippen LogP) is 0.141. The second kappa shape index (κ2) is 4.30. The Bertz CT molecular complexity index is 152. The van der Waals surface area contributed by atoms with Crippen LogP contribution in [0.3, 0.4) is 0 Å². The molecule has 4 heteroatoms. The van der Waals surface area contributed by atoms with Crippen molar-refractivity contribution in [2.75, 3.05) is 6.54 Å². The van der Waals surface area contributed by atoms with E-state index in [4.69, 9.17) is 4.74 Å². The monoisotopic (exact) mass is 175 g/mol. The highest BCUT2D eigenvalue weighted by molar-refractivity contribution is 5.67. The van der Waals surface area contributed by atoms with Gasteiger partial charge in [-0.15, -0.1) is 0 Å². The van der Waals surface area contributed by atoms with Gasteiger partial charge < -0.3 is 15.8 Å². The molecule has 0 spiro atoms. The van der Waals surface area contributed by atoms with E-state index in [1.54, 1.807) is 0 Å². The van der Waals surface area contributed by atoms with Crippen LogP contribution < -0.4 is 11.1 Å². The molecule has 0 aromatic carbocycles. The van der Waals surface area contributed by atoms with Crippen molar-refractivity contribution in [1.82, 2.24) is 5.32 Å². The standard InChI is InChI=1S/C8H18N2O2/c1-6(5-9)10-7(11)12-8(2,3)4/h6H,5,9H2,1-4H3,(H,10,11)/p+1/t6-/m1/s1. The van der Waals surface area contributed by atoms with E-state index in [0.717, 1.165) is 0 Å². The van der Waals surface area contributed by atoms with Crippen molar-refractivity contribution in [1.29, 1.82) is 0 Å². The van der Waals surface area contributed by atoms with Crippen molar-refractivity contribution in [3.8, 4) is 0 Å². The van der Waals surface area contributed by atoms with Gasteiger partial charge in [-0.3, -0.25) is 0 Å². The van der Waals surface area contributed by atoms with E-state index >= 15 is 0 Å². The molecular weight excluding hydrogens is 156 g/mol. The lowest BCUT2D eigenvalue weighted by Gasteiger charge is -2.20. The zero-order valence-electron chi connectivity index (χ0n) is 8.31. The molecule has 72 valence electrons. The third-order valence-corrected chi connectivity index (χ3v) is 1.20. The van der Waals surface area contributed by atoms with Crippen molar-refractivity contribution >= 4 is 6.09 Å². The summed E-state index contributed by atoms with van der Waals surface area (Å²) in [5, 5.41) is 2.66. The quantitative estimate of drug-likeness (QED) is 0.627. The molecule has 0 radical (unpaired) electrons. The number of ether oxygens (including phenoxy) is 1. The summed E-state index contributed by atoms with van der Waals surface area (Å²) >= 11 is 0. The molecule has 0 saturated carbocycles. The molecule has 0 fully saturated rings. The van der Waals surface area contributed by atoms with E-state index in [1.165, 1.54) is 0 Å². The number of hydrogen-bond acceptors (Lipinski definition) is 2. The molecule has 4 N–H and O–H groups in total. The summed E-state index contributed by atoms with van der Waals surface area (Å²) in [5.74, 6) is 0. The first-order valence-electron chi connectivity index (χ1n) is 4.14. The van der Waals surface area contributed by atoms with Gasteiger partial charge in [0, 0.05) is 0 Å². The van der Waals surface area contributed by atoms with Crippen molar-refractivity contribution in [3.05, 3.63) is 0 Å². The highest BCUT2D eigenvalue weighted by atomic mass is 16.6. The van der Waals surface area contributed by atoms with Gasteiger partial charge in [0.05, 0.1) is 12.6 Å². The molecule has 0 heterocycles. The molecule has 0 unspecified atom stereocenters. The molecule has 4 nitrogen and oxygen atoms in total. The average molecular weight is 175 g/mol. The summed E-state index contributed by atoms with van der Waals surface area (Å²) in [5.41, 5.74) is 3.24. The number of quaternary nitrogens is 1. The lowest BCUT2D eigenvalue weighted by Crippen LogP contribution is -2.59. The number of rotatable bonds is 2. The van der Waals surface area contributed by atoms with Gasteiger partial charge in [-0.05, 0) is 27.7 Å². The number of hydrogen-bond donors (Lipinski definition) is 2. The van der Waals surface area contributed by atoms with Crippen molar-refractivity contribution in [2.45, 2.75) is 39.3 Å². The van der Waals surface area contributed by atoms with Gasteiger partial charge in [0.1, 0.15) is 5.60 Å². The zero-order chi connectivity index (χ0) is 9.78. The molecule has 0 aliphatic carbocycles. The molecule has 1 amide bonds. The van der Waals surface area contributed by atoms with Gasteiger partial charge in [-0.1, -0.05) is 0 Å². The van der Waals surface area contributed by atoms with E-state index in [1.807, 2.05) is 27.7 Å². The van der Waals surface area contributed by atoms with E-state index in [2.05, 4.69) is 11.1 Å². The SMILES string of the molecule is C[C@H](C[NH3+])NC(=O)OC(C)(C)C. The zero-order valence-corrected chi connectivity index (χ0v) is 8.31. The van der Waals surface area contributed by atoms with Crippen LogP contribution in [0.1, 0.15) is 27.7 Å². The van der Waals surface area contributed by atoms with Crippen LogP contribution in [0, 0.1) is 0 Å². The maximum absolute atomic E-state index is 11.1. The molecule has 1 atom stereocenters. The van der Waals surface area contributed by atoms with Crippen LogP contribution in [0.25, 0.3) is 0 Å². The first-order chi connectivity index (χ1) is 5.35. The Morgan fingerprint density at radius 2 is 2.08 bits per heavy atom. The Morgan fingerprint density at radius 3 is 2.42 bits per heavy atom. The number of carbonyl (C=O) groups excluding carboxylic acids is 1. The Kier molecular flexibility index (Phi) is 4.03. The molecule has 0 aromatic rings. The number of carbonyl (C=O) groups is 1. The first kappa shape index (κ1) is 11.2. The molecule has 0 bridgehead atoms. The van der Waals surface area contributed by atoms with Crippen molar-refractivity contribution in [2.24, 2.45) is 0 Å². The van der Waals surface area contributed by atoms with E-state index in [0.29, 0.717) is 6.54 Å². The third kappa shape index (κ3) is 5.97. The lowest BCUT2D eigenvalue weighted by molar-refractivity contribution is -0.371. The Balaban J connectivity index is 3.75. The van der Waals surface area contributed by atoms with E-state index < -0.39 is 5.60 Å². The molecule has 12 heavy (non-hydrogen) atoms. The van der Waals surface area contributed by atoms with Crippen molar-refractivity contribution < 1.29 is 15.3 Å². The summed E-state index contributed by atoms with van der Waals surface area (Å²) in [4.78, 5) is 11.1. The summed E-state index contributed by atoms with van der Waals surface area (Å²) in [6.45, 7) is 8.06. The maximum Gasteiger partial charge on any atom is 0.408 e. The maximum atomic E-state index is 11.1. The van der Waals surface area contributed by atoms with Crippen LogP contribution in [0.4, 0.5) is 4.79 Å². The minimum Gasteiger partial charge on any atom is -0.444 e. The largest absolute Gasteiger partial charge is 0.444 e.